The van der Waals surface area contributed by atoms with Crippen LogP contribution in [0.1, 0.15) is 37.9 Å². The van der Waals surface area contributed by atoms with Crippen molar-refractivity contribution in [1.82, 2.24) is 3.71 Å². The Kier molecular flexibility index (Phi) is 6.88. The fourth-order valence-corrected chi connectivity index (χ4v) is 7.32. The number of sulfonamides is 2. The predicted octanol–water partition coefficient (Wildman–Crippen LogP) is 5.07. The molecule has 0 spiro atoms. The fourth-order valence-electron chi connectivity index (χ4n) is 3.33. The number of halogens is 1. The standard InChI is InChI=1S/C24H26FNO4S2/c1-24(2,3)20-16-14-19(15-17-20)23(18-25)26(31(27,28)21-10-6-4-7-11-21)32(29,30)22-12-8-5-9-13-22/h4-17,23H,18H2,1-3H3. The first kappa shape index (κ1) is 24.1. The lowest BCUT2D eigenvalue weighted by Crippen LogP contribution is -2.41. The average Bonchev–Trinajstić information content (AvgIpc) is 2.77. The van der Waals surface area contributed by atoms with Crippen molar-refractivity contribution in [2.75, 3.05) is 6.67 Å². The molecule has 3 rings (SSSR count). The second kappa shape index (κ2) is 9.13. The summed E-state index contributed by atoms with van der Waals surface area (Å²) in [7, 11) is -9.20. The molecular formula is C24H26FNO4S2. The first-order valence-electron chi connectivity index (χ1n) is 10.1. The summed E-state index contributed by atoms with van der Waals surface area (Å²) in [6.45, 7) is 4.83. The van der Waals surface area contributed by atoms with Gasteiger partial charge in [-0.25, -0.2) is 21.2 Å². The molecule has 8 heteroatoms. The van der Waals surface area contributed by atoms with E-state index in [1.165, 1.54) is 48.5 Å². The molecule has 0 fully saturated rings. The zero-order valence-corrected chi connectivity index (χ0v) is 19.8. The zero-order valence-electron chi connectivity index (χ0n) is 18.1. The number of alkyl halides is 1. The fraction of sp³-hybridized carbons (Fsp3) is 0.250. The third kappa shape index (κ3) is 4.77. The van der Waals surface area contributed by atoms with Crippen LogP contribution in [0.3, 0.4) is 0 Å². The number of nitrogens with zero attached hydrogens (tertiary/aromatic N) is 1. The van der Waals surface area contributed by atoms with Crippen molar-refractivity contribution in [1.29, 1.82) is 0 Å². The Bertz CT molecular complexity index is 1180. The van der Waals surface area contributed by atoms with E-state index in [9.17, 15) is 21.2 Å². The average molecular weight is 476 g/mol. The molecule has 32 heavy (non-hydrogen) atoms. The van der Waals surface area contributed by atoms with Crippen LogP contribution in [0.15, 0.2) is 94.7 Å². The van der Waals surface area contributed by atoms with Gasteiger partial charge in [-0.1, -0.05) is 85.1 Å². The van der Waals surface area contributed by atoms with Gasteiger partial charge >= 0.3 is 0 Å². The van der Waals surface area contributed by atoms with Crippen LogP contribution in [-0.4, -0.2) is 27.2 Å². The van der Waals surface area contributed by atoms with Gasteiger partial charge in [0.2, 0.25) is 0 Å². The van der Waals surface area contributed by atoms with Gasteiger partial charge in [0, 0.05) is 0 Å². The smallest absolute Gasteiger partial charge is 0.249 e. The molecule has 0 aliphatic rings. The Morgan fingerprint density at radius 3 is 1.47 bits per heavy atom. The molecule has 3 aromatic carbocycles. The van der Waals surface area contributed by atoms with E-state index in [0.717, 1.165) is 5.56 Å². The van der Waals surface area contributed by atoms with Gasteiger partial charge in [-0.15, -0.1) is 0 Å². The van der Waals surface area contributed by atoms with Gasteiger partial charge in [0.05, 0.1) is 15.8 Å². The lowest BCUT2D eigenvalue weighted by Gasteiger charge is -2.29. The SMILES string of the molecule is CC(C)(C)c1ccc(C(CF)N(S(=O)(=O)c2ccccc2)S(=O)(=O)c2ccccc2)cc1. The minimum atomic E-state index is -4.60. The summed E-state index contributed by atoms with van der Waals surface area (Å²) in [6, 6.07) is 19.5. The molecule has 0 saturated carbocycles. The first-order chi connectivity index (χ1) is 15.0. The van der Waals surface area contributed by atoms with Crippen LogP contribution in [0.5, 0.6) is 0 Å². The molecule has 5 nitrogen and oxygen atoms in total. The highest BCUT2D eigenvalue weighted by Gasteiger charge is 2.43. The minimum Gasteiger partial charge on any atom is -0.249 e. The largest absolute Gasteiger partial charge is 0.257 e. The van der Waals surface area contributed by atoms with Crippen molar-refractivity contribution >= 4 is 20.0 Å². The summed E-state index contributed by atoms with van der Waals surface area (Å²) in [5.41, 5.74) is 1.04. The van der Waals surface area contributed by atoms with E-state index in [-0.39, 0.29) is 20.8 Å². The molecule has 3 aromatic rings. The third-order valence-corrected chi connectivity index (χ3v) is 9.49. The van der Waals surface area contributed by atoms with Crippen molar-refractivity contribution in [3.63, 3.8) is 0 Å². The summed E-state index contributed by atoms with van der Waals surface area (Å²) < 4.78 is 68.9. The van der Waals surface area contributed by atoms with Gasteiger partial charge < -0.3 is 0 Å². The summed E-state index contributed by atoms with van der Waals surface area (Å²) in [4.78, 5) is -0.464. The summed E-state index contributed by atoms with van der Waals surface area (Å²) >= 11 is 0. The lowest BCUT2D eigenvalue weighted by atomic mass is 9.86. The first-order valence-corrected chi connectivity index (χ1v) is 12.9. The Labute approximate surface area is 189 Å². The molecule has 0 aliphatic heterocycles. The maximum Gasteiger partial charge on any atom is 0.257 e. The van der Waals surface area contributed by atoms with Crippen LogP contribution in [0, 0.1) is 0 Å². The highest BCUT2D eigenvalue weighted by molar-refractivity contribution is 8.04. The molecule has 0 heterocycles. The molecular weight excluding hydrogens is 449 g/mol. The van der Waals surface area contributed by atoms with Crippen LogP contribution in [0.2, 0.25) is 0 Å². The van der Waals surface area contributed by atoms with E-state index in [1.54, 1.807) is 36.4 Å². The Balaban J connectivity index is 2.22. The maximum absolute atomic E-state index is 14.4. The molecule has 1 atom stereocenters. The quantitative estimate of drug-likeness (QED) is 0.478. The van der Waals surface area contributed by atoms with Gasteiger partial charge in [-0.2, -0.15) is 0 Å². The summed E-state index contributed by atoms with van der Waals surface area (Å²) in [5, 5.41) is 0. The molecule has 0 N–H and O–H groups in total. The van der Waals surface area contributed by atoms with E-state index in [2.05, 4.69) is 0 Å². The van der Waals surface area contributed by atoms with Gasteiger partial charge in [-0.05, 0) is 40.8 Å². The molecule has 0 bridgehead atoms. The van der Waals surface area contributed by atoms with Gasteiger partial charge in [0.25, 0.3) is 20.0 Å². The van der Waals surface area contributed by atoms with Gasteiger partial charge in [0.1, 0.15) is 6.67 Å². The van der Waals surface area contributed by atoms with Crippen molar-refractivity contribution in [3.05, 3.63) is 96.1 Å². The van der Waals surface area contributed by atoms with Gasteiger partial charge in [0.15, 0.2) is 0 Å². The number of hydrogen-bond acceptors (Lipinski definition) is 4. The molecule has 0 saturated heterocycles. The van der Waals surface area contributed by atoms with Crippen molar-refractivity contribution < 1.29 is 21.2 Å². The second-order valence-electron chi connectivity index (χ2n) is 8.40. The topological polar surface area (TPSA) is 71.5 Å². The van der Waals surface area contributed by atoms with Crippen LogP contribution in [0.4, 0.5) is 4.39 Å². The van der Waals surface area contributed by atoms with E-state index in [1.807, 2.05) is 20.8 Å². The molecule has 170 valence electrons. The van der Waals surface area contributed by atoms with E-state index in [0.29, 0.717) is 3.71 Å². The Morgan fingerprint density at radius 2 is 1.12 bits per heavy atom. The van der Waals surface area contributed by atoms with E-state index >= 15 is 0 Å². The van der Waals surface area contributed by atoms with E-state index in [4.69, 9.17) is 0 Å². The van der Waals surface area contributed by atoms with Crippen molar-refractivity contribution in [2.24, 2.45) is 0 Å². The van der Waals surface area contributed by atoms with Crippen LogP contribution < -0.4 is 0 Å². The third-order valence-electron chi connectivity index (χ3n) is 5.12. The second-order valence-corrected chi connectivity index (χ2v) is 12.3. The maximum atomic E-state index is 14.4. The highest BCUT2D eigenvalue weighted by Crippen LogP contribution is 2.35. The van der Waals surface area contributed by atoms with Crippen molar-refractivity contribution in [2.45, 2.75) is 42.0 Å². The molecule has 0 aliphatic carbocycles. The highest BCUT2D eigenvalue weighted by atomic mass is 32.3. The molecule has 1 unspecified atom stereocenters. The zero-order chi connectivity index (χ0) is 23.6. The Morgan fingerprint density at radius 1 is 0.719 bits per heavy atom. The summed E-state index contributed by atoms with van der Waals surface area (Å²) in [6.07, 6.45) is 0. The van der Waals surface area contributed by atoms with Crippen LogP contribution in [0.25, 0.3) is 0 Å². The minimum absolute atomic E-state index is 0.171. The Hall–Kier alpha value is -2.55. The normalized spacial score (nSPS) is 13.8. The molecule has 0 aromatic heterocycles. The van der Waals surface area contributed by atoms with Crippen molar-refractivity contribution in [3.8, 4) is 0 Å². The molecule has 0 amide bonds. The van der Waals surface area contributed by atoms with Crippen LogP contribution >= 0.6 is 0 Å². The lowest BCUT2D eigenvalue weighted by molar-refractivity contribution is 0.339. The van der Waals surface area contributed by atoms with Crippen LogP contribution in [-0.2, 0) is 25.5 Å². The molecule has 0 radical (unpaired) electrons. The number of rotatable bonds is 7. The predicted molar refractivity (Wildman–Crippen MR) is 123 cm³/mol. The number of hydrogen-bond donors (Lipinski definition) is 0. The van der Waals surface area contributed by atoms with E-state index < -0.39 is 32.8 Å². The number of benzene rings is 3. The monoisotopic (exact) mass is 475 g/mol. The van der Waals surface area contributed by atoms with Gasteiger partial charge in [-0.3, -0.25) is 0 Å². The summed E-state index contributed by atoms with van der Waals surface area (Å²) in [5.74, 6) is 0.